The first kappa shape index (κ1) is 9.73. The van der Waals surface area contributed by atoms with Crippen LogP contribution in [0.4, 0.5) is 4.79 Å². The highest BCUT2D eigenvalue weighted by molar-refractivity contribution is 7.99. The molecule has 0 fully saturated rings. The van der Waals surface area contributed by atoms with Crippen LogP contribution in [0.2, 0.25) is 0 Å². The molecule has 5 nitrogen and oxygen atoms in total. The zero-order valence-electron chi connectivity index (χ0n) is 5.53. The van der Waals surface area contributed by atoms with Gasteiger partial charge in [-0.25, -0.2) is 4.72 Å². The fourth-order valence-electron chi connectivity index (χ4n) is 0.202. The minimum absolute atomic E-state index is 0.876. The van der Waals surface area contributed by atoms with Crippen molar-refractivity contribution in [3.63, 3.8) is 0 Å². The standard InChI is InChI=1S/C3H8N2O3S2/c1-5(2)10(7,8)4-3(6)9/h1-2H3,(H2,4,6,9). The fraction of sp³-hybridized carbons (Fsp3) is 0.667. The van der Waals surface area contributed by atoms with Crippen molar-refractivity contribution in [1.29, 1.82) is 0 Å². The van der Waals surface area contributed by atoms with Gasteiger partial charge < -0.3 is 0 Å². The van der Waals surface area contributed by atoms with Crippen LogP contribution in [0.25, 0.3) is 0 Å². The van der Waals surface area contributed by atoms with Gasteiger partial charge in [-0.2, -0.15) is 12.7 Å². The summed E-state index contributed by atoms with van der Waals surface area (Å²) in [7, 11) is -1.03. The van der Waals surface area contributed by atoms with Gasteiger partial charge in [-0.1, -0.05) is 12.6 Å². The lowest BCUT2D eigenvalue weighted by molar-refractivity contribution is 0.264. The highest BCUT2D eigenvalue weighted by atomic mass is 32.2. The van der Waals surface area contributed by atoms with E-state index in [0.717, 1.165) is 4.31 Å². The second-order valence-corrected chi connectivity index (χ2v) is 3.99. The predicted molar refractivity (Wildman–Crippen MR) is 40.1 cm³/mol. The molecule has 7 heteroatoms. The third-order valence-electron chi connectivity index (χ3n) is 0.697. The van der Waals surface area contributed by atoms with Crippen molar-refractivity contribution in [2.75, 3.05) is 14.1 Å². The van der Waals surface area contributed by atoms with Gasteiger partial charge >= 0.3 is 10.2 Å². The van der Waals surface area contributed by atoms with Gasteiger partial charge in [-0.05, 0) is 0 Å². The van der Waals surface area contributed by atoms with Crippen LogP contribution in [-0.4, -0.2) is 32.1 Å². The van der Waals surface area contributed by atoms with Crippen molar-refractivity contribution < 1.29 is 13.2 Å². The molecule has 0 radical (unpaired) electrons. The predicted octanol–water partition coefficient (Wildman–Crippen LogP) is -0.568. The van der Waals surface area contributed by atoms with Crippen LogP contribution in [0.15, 0.2) is 0 Å². The van der Waals surface area contributed by atoms with Gasteiger partial charge in [-0.3, -0.25) is 4.79 Å². The number of carbonyl (C=O) groups excluding carboxylic acids is 1. The van der Waals surface area contributed by atoms with Gasteiger partial charge in [0.05, 0.1) is 0 Å². The highest BCUT2D eigenvalue weighted by Crippen LogP contribution is 1.89. The molecule has 0 aromatic rings. The zero-order chi connectivity index (χ0) is 8.36. The van der Waals surface area contributed by atoms with Crippen LogP contribution in [0.5, 0.6) is 0 Å². The van der Waals surface area contributed by atoms with E-state index in [2.05, 4.69) is 12.6 Å². The monoisotopic (exact) mass is 184 g/mol. The first-order valence-electron chi connectivity index (χ1n) is 2.29. The van der Waals surface area contributed by atoms with E-state index in [1.54, 1.807) is 4.72 Å². The number of nitrogens with one attached hydrogen (secondary N) is 1. The largest absolute Gasteiger partial charge is 0.303 e. The van der Waals surface area contributed by atoms with E-state index in [9.17, 15) is 13.2 Å². The molecule has 0 bridgehead atoms. The molecule has 60 valence electrons. The van der Waals surface area contributed by atoms with E-state index in [-0.39, 0.29) is 0 Å². The summed E-state index contributed by atoms with van der Waals surface area (Å²) in [4.78, 5) is 10.1. The molecule has 10 heavy (non-hydrogen) atoms. The first-order valence-corrected chi connectivity index (χ1v) is 4.18. The minimum Gasteiger partial charge on any atom is -0.261 e. The number of thiol groups is 1. The quantitative estimate of drug-likeness (QED) is 0.565. The van der Waals surface area contributed by atoms with Crippen LogP contribution in [0.3, 0.4) is 0 Å². The molecular weight excluding hydrogens is 176 g/mol. The summed E-state index contributed by atoms with van der Waals surface area (Å²) in [6.07, 6.45) is 0. The number of nitrogens with zero attached hydrogens (tertiary/aromatic N) is 1. The lowest BCUT2D eigenvalue weighted by Gasteiger charge is -2.09. The Labute approximate surface area is 65.0 Å². The average molecular weight is 184 g/mol. The summed E-state index contributed by atoms with van der Waals surface area (Å²) in [5.74, 6) is 0. The number of carbonyl (C=O) groups is 1. The van der Waals surface area contributed by atoms with E-state index < -0.39 is 15.4 Å². The number of rotatable bonds is 2. The fourth-order valence-corrected chi connectivity index (χ4v) is 0.951. The van der Waals surface area contributed by atoms with E-state index in [1.807, 2.05) is 0 Å². The van der Waals surface area contributed by atoms with Gasteiger partial charge in [0, 0.05) is 14.1 Å². The van der Waals surface area contributed by atoms with Crippen molar-refractivity contribution in [2.45, 2.75) is 0 Å². The van der Waals surface area contributed by atoms with Crippen LogP contribution in [0, 0.1) is 0 Å². The van der Waals surface area contributed by atoms with Gasteiger partial charge in [0.1, 0.15) is 0 Å². The molecule has 1 amide bonds. The Morgan fingerprint density at radius 2 is 1.90 bits per heavy atom. The smallest absolute Gasteiger partial charge is 0.261 e. The topological polar surface area (TPSA) is 66.5 Å². The molecule has 0 aromatic carbocycles. The maximum atomic E-state index is 10.7. The van der Waals surface area contributed by atoms with Crippen molar-refractivity contribution >= 4 is 28.1 Å². The Morgan fingerprint density at radius 3 is 2.00 bits per heavy atom. The molecule has 0 saturated carbocycles. The maximum absolute atomic E-state index is 10.7. The van der Waals surface area contributed by atoms with Crippen molar-refractivity contribution in [2.24, 2.45) is 0 Å². The van der Waals surface area contributed by atoms with Crippen molar-refractivity contribution in [1.82, 2.24) is 9.03 Å². The summed E-state index contributed by atoms with van der Waals surface area (Å²) in [5.41, 5.74) is 0. The van der Waals surface area contributed by atoms with Crippen LogP contribution < -0.4 is 4.72 Å². The average Bonchev–Trinajstić information content (AvgIpc) is 1.60. The molecular formula is C3H8N2O3S2. The molecule has 0 unspecified atom stereocenters. The molecule has 0 aromatic heterocycles. The summed E-state index contributed by atoms with van der Waals surface area (Å²) in [6, 6.07) is 0. The van der Waals surface area contributed by atoms with E-state index in [1.165, 1.54) is 14.1 Å². The number of hydrogen-bond acceptors (Lipinski definition) is 3. The third-order valence-corrected chi connectivity index (χ3v) is 2.36. The zero-order valence-corrected chi connectivity index (χ0v) is 7.24. The lowest BCUT2D eigenvalue weighted by Crippen LogP contribution is -2.36. The second-order valence-electron chi connectivity index (χ2n) is 1.69. The number of hydrogen-bond donors (Lipinski definition) is 2. The molecule has 0 rings (SSSR count). The number of amides is 1. The van der Waals surface area contributed by atoms with Crippen molar-refractivity contribution in [3.05, 3.63) is 0 Å². The van der Waals surface area contributed by atoms with Gasteiger partial charge in [-0.15, -0.1) is 0 Å². The van der Waals surface area contributed by atoms with E-state index >= 15 is 0 Å². The van der Waals surface area contributed by atoms with Crippen LogP contribution in [-0.2, 0) is 10.2 Å². The Balaban J connectivity index is 4.31. The van der Waals surface area contributed by atoms with Crippen molar-refractivity contribution in [3.8, 4) is 0 Å². The van der Waals surface area contributed by atoms with E-state index in [0.29, 0.717) is 0 Å². The summed E-state index contributed by atoms with van der Waals surface area (Å²) >= 11 is 3.23. The minimum atomic E-state index is -3.64. The highest BCUT2D eigenvalue weighted by Gasteiger charge is 2.13. The summed E-state index contributed by atoms with van der Waals surface area (Å²) in [6.45, 7) is 0. The maximum Gasteiger partial charge on any atom is 0.303 e. The Kier molecular flexibility index (Phi) is 3.13. The Morgan fingerprint density at radius 1 is 1.50 bits per heavy atom. The second kappa shape index (κ2) is 3.22. The van der Waals surface area contributed by atoms with Crippen LogP contribution >= 0.6 is 12.6 Å². The van der Waals surface area contributed by atoms with Gasteiger partial charge in [0.15, 0.2) is 0 Å². The molecule has 0 aliphatic heterocycles. The lowest BCUT2D eigenvalue weighted by atomic mass is 11.3. The molecule has 0 aliphatic carbocycles. The Hall–Kier alpha value is -0.270. The molecule has 0 spiro atoms. The van der Waals surface area contributed by atoms with Crippen LogP contribution in [0.1, 0.15) is 0 Å². The first-order chi connectivity index (χ1) is 4.36. The SMILES string of the molecule is CN(C)S(=O)(=O)NC(=O)S. The molecule has 1 N–H and O–H groups in total. The summed E-state index contributed by atoms with van der Waals surface area (Å²) in [5, 5.41) is -0.895. The van der Waals surface area contributed by atoms with E-state index in [4.69, 9.17) is 0 Å². The molecule has 0 atom stereocenters. The molecule has 0 saturated heterocycles. The van der Waals surface area contributed by atoms with Gasteiger partial charge in [0.2, 0.25) is 0 Å². The Bertz CT molecular complexity index is 220. The van der Waals surface area contributed by atoms with Gasteiger partial charge in [0.25, 0.3) is 5.24 Å². The third kappa shape index (κ3) is 3.04. The summed E-state index contributed by atoms with van der Waals surface area (Å²) < 4.78 is 23.9. The normalized spacial score (nSPS) is 11.6. The molecule has 0 aliphatic rings. The molecule has 0 heterocycles.